The van der Waals surface area contributed by atoms with Gasteiger partial charge in [-0.1, -0.05) is 11.6 Å². The van der Waals surface area contributed by atoms with Crippen LogP contribution in [0.15, 0.2) is 23.3 Å². The number of hydrogen-bond acceptors (Lipinski definition) is 2. The summed E-state index contributed by atoms with van der Waals surface area (Å²) < 4.78 is 0. The van der Waals surface area contributed by atoms with Gasteiger partial charge in [0, 0.05) is 25.8 Å². The highest BCUT2D eigenvalue weighted by atomic mass is 35.5. The first-order chi connectivity index (χ1) is 10.2. The van der Waals surface area contributed by atoms with Gasteiger partial charge in [0.25, 0.3) is 0 Å². The van der Waals surface area contributed by atoms with Crippen LogP contribution < -0.4 is 11.1 Å². The fourth-order valence-corrected chi connectivity index (χ4v) is 2.63. The molecule has 7 heteroatoms. The van der Waals surface area contributed by atoms with E-state index in [0.717, 1.165) is 38.2 Å². The lowest BCUT2D eigenvalue weighted by molar-refractivity contribution is 0.514. The fraction of sp³-hybridized carbons (Fsp3) is 0.500. The number of halogens is 1. The Labute approximate surface area is 135 Å². The molecule has 0 saturated carbocycles. The van der Waals surface area contributed by atoms with Crippen LogP contribution in [0.1, 0.15) is 25.0 Å². The predicted molar refractivity (Wildman–Crippen MR) is 90.6 cm³/mol. The molecular formula is C14H20ClN5S. The number of nitrogens with one attached hydrogen (secondary N) is 1. The number of nitrogens with zero attached hydrogens (tertiary/aromatic N) is 3. The lowest BCUT2D eigenvalue weighted by Crippen LogP contribution is -2.37. The Kier molecular flexibility index (Phi) is 6.20. The molecule has 0 atom stereocenters. The summed E-state index contributed by atoms with van der Waals surface area (Å²) in [5.41, 5.74) is 6.83. The van der Waals surface area contributed by atoms with Gasteiger partial charge in [0.15, 0.2) is 11.1 Å². The second-order valence-electron chi connectivity index (χ2n) is 4.93. The van der Waals surface area contributed by atoms with Crippen LogP contribution in [0.5, 0.6) is 0 Å². The number of aliphatic imine (C=N–C) groups is 1. The van der Waals surface area contributed by atoms with Gasteiger partial charge in [-0.25, -0.2) is 0 Å². The summed E-state index contributed by atoms with van der Waals surface area (Å²) in [7, 11) is 0. The van der Waals surface area contributed by atoms with Crippen LogP contribution in [0.2, 0.25) is 5.02 Å². The van der Waals surface area contributed by atoms with Crippen molar-refractivity contribution in [3.05, 3.63) is 29.0 Å². The Morgan fingerprint density at radius 1 is 1.48 bits per heavy atom. The molecule has 1 aromatic rings. The molecule has 2 rings (SSSR count). The summed E-state index contributed by atoms with van der Waals surface area (Å²) in [5.74, 6) is 0.512. The topological polar surface area (TPSA) is 66.5 Å². The SMILES string of the molecule is NC(=NC(=S)NCCCc1ncccc1Cl)N1CCCC1. The van der Waals surface area contributed by atoms with Crippen molar-refractivity contribution in [1.29, 1.82) is 0 Å². The quantitative estimate of drug-likeness (QED) is 0.383. The minimum Gasteiger partial charge on any atom is -0.369 e. The monoisotopic (exact) mass is 325 g/mol. The molecule has 3 N–H and O–H groups in total. The van der Waals surface area contributed by atoms with Crippen LogP contribution in [0, 0.1) is 0 Å². The third-order valence-corrected chi connectivity index (χ3v) is 3.93. The molecule has 0 amide bonds. The second kappa shape index (κ2) is 8.14. The molecular weight excluding hydrogens is 306 g/mol. The van der Waals surface area contributed by atoms with Gasteiger partial charge in [-0.15, -0.1) is 0 Å². The zero-order valence-corrected chi connectivity index (χ0v) is 13.5. The third-order valence-electron chi connectivity index (χ3n) is 3.35. The average Bonchev–Trinajstić information content (AvgIpc) is 2.99. The lowest BCUT2D eigenvalue weighted by atomic mass is 10.2. The van der Waals surface area contributed by atoms with E-state index in [1.54, 1.807) is 6.20 Å². The Balaban J connectivity index is 1.69. The molecule has 5 nitrogen and oxygen atoms in total. The number of likely N-dealkylation sites (tertiary alicyclic amines) is 1. The van der Waals surface area contributed by atoms with E-state index in [0.29, 0.717) is 16.1 Å². The lowest BCUT2D eigenvalue weighted by Gasteiger charge is -2.16. The van der Waals surface area contributed by atoms with Gasteiger partial charge in [0.05, 0.1) is 10.7 Å². The van der Waals surface area contributed by atoms with Crippen LogP contribution in [-0.4, -0.2) is 40.6 Å². The van der Waals surface area contributed by atoms with Gasteiger partial charge in [0.2, 0.25) is 0 Å². The number of hydrogen-bond donors (Lipinski definition) is 2. The predicted octanol–water partition coefficient (Wildman–Crippen LogP) is 1.95. The number of aryl methyl sites for hydroxylation is 1. The largest absolute Gasteiger partial charge is 0.369 e. The minimum atomic E-state index is 0.437. The van der Waals surface area contributed by atoms with E-state index in [-0.39, 0.29) is 0 Å². The van der Waals surface area contributed by atoms with Crippen LogP contribution in [0.25, 0.3) is 0 Å². The number of guanidine groups is 1. The number of nitrogens with two attached hydrogens (primary N) is 1. The van der Waals surface area contributed by atoms with Gasteiger partial charge in [-0.3, -0.25) is 4.98 Å². The second-order valence-corrected chi connectivity index (χ2v) is 5.73. The van der Waals surface area contributed by atoms with E-state index in [1.165, 1.54) is 12.8 Å². The van der Waals surface area contributed by atoms with Gasteiger partial charge >= 0.3 is 0 Å². The molecule has 0 aromatic carbocycles. The van der Waals surface area contributed by atoms with Crippen molar-refractivity contribution >= 4 is 34.9 Å². The zero-order valence-electron chi connectivity index (χ0n) is 11.9. The van der Waals surface area contributed by atoms with Gasteiger partial charge in [0.1, 0.15) is 0 Å². The Morgan fingerprint density at radius 2 is 2.24 bits per heavy atom. The van der Waals surface area contributed by atoms with Crippen molar-refractivity contribution in [2.75, 3.05) is 19.6 Å². The molecule has 21 heavy (non-hydrogen) atoms. The number of pyridine rings is 1. The molecule has 1 aliphatic rings. The minimum absolute atomic E-state index is 0.437. The summed E-state index contributed by atoms with van der Waals surface area (Å²) >= 11 is 11.2. The number of rotatable bonds is 4. The maximum absolute atomic E-state index is 6.05. The molecule has 1 aliphatic heterocycles. The zero-order chi connectivity index (χ0) is 15.1. The highest BCUT2D eigenvalue weighted by Gasteiger charge is 2.13. The standard InChI is InChI=1S/C14H20ClN5S/c15-11-5-3-7-17-12(11)6-4-8-18-14(21)19-13(16)20-9-1-2-10-20/h3,5,7H,1-2,4,6,8-10H2,(H3,16,18,19,21). The highest BCUT2D eigenvalue weighted by Crippen LogP contribution is 2.13. The molecule has 1 fully saturated rings. The molecule has 2 heterocycles. The summed E-state index contributed by atoms with van der Waals surface area (Å²) in [6.45, 7) is 2.66. The summed E-state index contributed by atoms with van der Waals surface area (Å²) in [4.78, 5) is 10.5. The van der Waals surface area contributed by atoms with E-state index >= 15 is 0 Å². The van der Waals surface area contributed by atoms with E-state index < -0.39 is 0 Å². The summed E-state index contributed by atoms with van der Waals surface area (Å²) in [6, 6.07) is 3.68. The van der Waals surface area contributed by atoms with E-state index in [2.05, 4.69) is 20.2 Å². The normalized spacial score (nSPS) is 15.3. The Morgan fingerprint density at radius 3 is 2.95 bits per heavy atom. The highest BCUT2D eigenvalue weighted by molar-refractivity contribution is 7.80. The third kappa shape index (κ3) is 5.13. The van der Waals surface area contributed by atoms with Gasteiger partial charge in [-0.2, -0.15) is 4.99 Å². The first-order valence-corrected chi connectivity index (χ1v) is 7.92. The first kappa shape index (κ1) is 16.0. The number of thiocarbonyl (C=S) groups is 1. The van der Waals surface area contributed by atoms with Crippen molar-refractivity contribution in [2.45, 2.75) is 25.7 Å². The molecule has 1 saturated heterocycles. The first-order valence-electron chi connectivity index (χ1n) is 7.13. The van der Waals surface area contributed by atoms with Crippen LogP contribution in [0.3, 0.4) is 0 Å². The van der Waals surface area contributed by atoms with E-state index in [4.69, 9.17) is 29.6 Å². The van der Waals surface area contributed by atoms with Crippen molar-refractivity contribution < 1.29 is 0 Å². The molecule has 0 aliphatic carbocycles. The van der Waals surface area contributed by atoms with Crippen molar-refractivity contribution in [2.24, 2.45) is 10.7 Å². The summed E-state index contributed by atoms with van der Waals surface area (Å²) in [6.07, 6.45) is 5.78. The van der Waals surface area contributed by atoms with Crippen molar-refractivity contribution in [3.8, 4) is 0 Å². The van der Waals surface area contributed by atoms with Crippen LogP contribution in [-0.2, 0) is 6.42 Å². The average molecular weight is 326 g/mol. The molecule has 114 valence electrons. The van der Waals surface area contributed by atoms with E-state index in [9.17, 15) is 0 Å². The van der Waals surface area contributed by atoms with Crippen molar-refractivity contribution in [1.82, 2.24) is 15.2 Å². The number of aromatic nitrogens is 1. The molecule has 1 aromatic heterocycles. The summed E-state index contributed by atoms with van der Waals surface area (Å²) in [5, 5.41) is 4.23. The molecule has 0 spiro atoms. The van der Waals surface area contributed by atoms with E-state index in [1.807, 2.05) is 12.1 Å². The van der Waals surface area contributed by atoms with Crippen LogP contribution >= 0.6 is 23.8 Å². The molecule has 0 unspecified atom stereocenters. The maximum Gasteiger partial charge on any atom is 0.198 e. The molecule has 0 bridgehead atoms. The smallest absolute Gasteiger partial charge is 0.198 e. The maximum atomic E-state index is 6.05. The Hall–Kier alpha value is -1.40. The van der Waals surface area contributed by atoms with Gasteiger partial charge in [-0.05, 0) is 50.0 Å². The van der Waals surface area contributed by atoms with Crippen LogP contribution in [0.4, 0.5) is 0 Å². The fourth-order valence-electron chi connectivity index (χ4n) is 2.21. The van der Waals surface area contributed by atoms with Gasteiger partial charge < -0.3 is 16.0 Å². The van der Waals surface area contributed by atoms with Crippen molar-refractivity contribution in [3.63, 3.8) is 0 Å². The molecule has 0 radical (unpaired) electrons. The Bertz CT molecular complexity index is 514.